The first kappa shape index (κ1) is 33.0. The van der Waals surface area contributed by atoms with Crippen LogP contribution < -0.4 is 18.9 Å². The Morgan fingerprint density at radius 2 is 1.40 bits per heavy atom. The van der Waals surface area contributed by atoms with Gasteiger partial charge < -0.3 is 37.9 Å². The van der Waals surface area contributed by atoms with Crippen molar-refractivity contribution in [3.8, 4) is 23.0 Å². The van der Waals surface area contributed by atoms with E-state index in [0.717, 1.165) is 11.1 Å². The van der Waals surface area contributed by atoms with Crippen LogP contribution in [-0.2, 0) is 44.5 Å². The van der Waals surface area contributed by atoms with Crippen molar-refractivity contribution >= 4 is 23.9 Å². The Labute approximate surface area is 250 Å². The highest BCUT2D eigenvalue weighted by Gasteiger charge is 2.39. The van der Waals surface area contributed by atoms with Crippen molar-refractivity contribution < 1.29 is 57.1 Å². The molecule has 0 saturated carbocycles. The van der Waals surface area contributed by atoms with Crippen LogP contribution in [0.2, 0.25) is 0 Å². The number of ether oxygens (including phenoxy) is 8. The normalized spacial score (nSPS) is 15.1. The van der Waals surface area contributed by atoms with Gasteiger partial charge in [-0.3, -0.25) is 19.2 Å². The third kappa shape index (κ3) is 9.52. The summed E-state index contributed by atoms with van der Waals surface area (Å²) < 4.78 is 44.3. The lowest BCUT2D eigenvalue weighted by atomic mass is 9.90. The monoisotopic (exact) mass is 602 g/mol. The molecule has 0 radical (unpaired) electrons. The summed E-state index contributed by atoms with van der Waals surface area (Å²) in [5.41, 5.74) is 2.48. The Morgan fingerprint density at radius 3 is 1.98 bits per heavy atom. The molecule has 1 aliphatic heterocycles. The SMILES string of the molecule is COc1cc([C@@H]2Oc3c(OC)cc(CCCOC(C)=O)cc3[C@H]2COC(C)=O)ccc1OC(COC(C)=O)COC(C)=O. The van der Waals surface area contributed by atoms with E-state index in [2.05, 4.69) is 0 Å². The van der Waals surface area contributed by atoms with Gasteiger partial charge in [0.2, 0.25) is 0 Å². The number of rotatable bonds is 15. The summed E-state index contributed by atoms with van der Waals surface area (Å²) in [6, 6.07) is 9.07. The molecule has 1 heterocycles. The van der Waals surface area contributed by atoms with Crippen molar-refractivity contribution in [2.24, 2.45) is 0 Å². The second-order valence-corrected chi connectivity index (χ2v) is 9.86. The maximum atomic E-state index is 11.8. The number of hydrogen-bond donors (Lipinski definition) is 0. The second-order valence-electron chi connectivity index (χ2n) is 9.86. The molecular formula is C31H38O12. The average molecular weight is 603 g/mol. The topological polar surface area (TPSA) is 142 Å². The van der Waals surface area contributed by atoms with Crippen LogP contribution in [0.4, 0.5) is 0 Å². The van der Waals surface area contributed by atoms with Gasteiger partial charge in [0, 0.05) is 33.3 Å². The van der Waals surface area contributed by atoms with Crippen LogP contribution in [0.1, 0.15) is 62.8 Å². The number of aryl methyl sites for hydroxylation is 1. The Kier molecular flexibility index (Phi) is 12.0. The summed E-state index contributed by atoms with van der Waals surface area (Å²) in [5, 5.41) is 0. The van der Waals surface area contributed by atoms with Crippen LogP contribution in [0.15, 0.2) is 30.3 Å². The van der Waals surface area contributed by atoms with Crippen LogP contribution in [0.3, 0.4) is 0 Å². The molecule has 12 nitrogen and oxygen atoms in total. The number of carbonyl (C=O) groups is 4. The van der Waals surface area contributed by atoms with E-state index in [1.165, 1.54) is 34.8 Å². The fourth-order valence-electron chi connectivity index (χ4n) is 4.60. The Morgan fingerprint density at radius 1 is 0.767 bits per heavy atom. The van der Waals surface area contributed by atoms with Crippen LogP contribution in [0.25, 0.3) is 0 Å². The molecule has 0 bridgehead atoms. The van der Waals surface area contributed by atoms with E-state index in [0.29, 0.717) is 48.0 Å². The van der Waals surface area contributed by atoms with E-state index in [9.17, 15) is 19.2 Å². The van der Waals surface area contributed by atoms with Gasteiger partial charge in [-0.2, -0.15) is 0 Å². The zero-order chi connectivity index (χ0) is 31.5. The van der Waals surface area contributed by atoms with E-state index in [-0.39, 0.29) is 31.7 Å². The Hall–Kier alpha value is -4.48. The maximum Gasteiger partial charge on any atom is 0.302 e. The van der Waals surface area contributed by atoms with E-state index < -0.39 is 30.1 Å². The zero-order valence-electron chi connectivity index (χ0n) is 25.3. The molecule has 3 rings (SSSR count). The predicted molar refractivity (Wildman–Crippen MR) is 151 cm³/mol. The molecular weight excluding hydrogens is 564 g/mol. The van der Waals surface area contributed by atoms with Gasteiger partial charge in [0.15, 0.2) is 29.1 Å². The first-order valence-corrected chi connectivity index (χ1v) is 13.8. The molecule has 2 aromatic carbocycles. The number of benzene rings is 2. The van der Waals surface area contributed by atoms with Crippen molar-refractivity contribution in [2.75, 3.05) is 40.6 Å². The summed E-state index contributed by atoms with van der Waals surface area (Å²) in [4.78, 5) is 45.6. The van der Waals surface area contributed by atoms with Gasteiger partial charge in [-0.25, -0.2) is 0 Å². The fourth-order valence-corrected chi connectivity index (χ4v) is 4.60. The second kappa shape index (κ2) is 15.7. The highest BCUT2D eigenvalue weighted by Crippen LogP contribution is 2.52. The number of hydrogen-bond acceptors (Lipinski definition) is 12. The molecule has 2 aromatic rings. The summed E-state index contributed by atoms with van der Waals surface area (Å²) in [7, 11) is 3.03. The smallest absolute Gasteiger partial charge is 0.302 e. The minimum absolute atomic E-state index is 0.0560. The van der Waals surface area contributed by atoms with Gasteiger partial charge in [-0.05, 0) is 42.2 Å². The molecule has 0 spiro atoms. The molecule has 0 amide bonds. The number of carbonyl (C=O) groups excluding carboxylic acids is 4. The molecule has 0 aromatic heterocycles. The lowest BCUT2D eigenvalue weighted by Crippen LogP contribution is -2.30. The molecule has 2 atom stereocenters. The van der Waals surface area contributed by atoms with Crippen molar-refractivity contribution in [1.82, 2.24) is 0 Å². The van der Waals surface area contributed by atoms with Crippen molar-refractivity contribution in [1.29, 1.82) is 0 Å². The third-order valence-electron chi connectivity index (χ3n) is 6.51. The van der Waals surface area contributed by atoms with Gasteiger partial charge >= 0.3 is 23.9 Å². The molecule has 0 N–H and O–H groups in total. The Balaban J connectivity index is 1.91. The standard InChI is InChI=1S/C31H38O12/c1-18(32)38-11-7-8-22-12-25-26(17-41-21(4)35)30(43-31(25)29(13-22)37-6)23-9-10-27(28(14-23)36-5)42-24(15-39-19(2)33)16-40-20(3)34/h9-10,12-14,24,26,30H,7-8,11,15-17H2,1-6H3/t26-,30+/m1/s1. The van der Waals surface area contributed by atoms with Gasteiger partial charge in [0.25, 0.3) is 0 Å². The molecule has 0 saturated heterocycles. The molecule has 234 valence electrons. The van der Waals surface area contributed by atoms with Gasteiger partial charge in [0.1, 0.15) is 25.9 Å². The molecule has 0 unspecified atom stereocenters. The van der Waals surface area contributed by atoms with E-state index >= 15 is 0 Å². The molecule has 43 heavy (non-hydrogen) atoms. The number of methoxy groups -OCH3 is 2. The lowest BCUT2D eigenvalue weighted by molar-refractivity contribution is -0.148. The van der Waals surface area contributed by atoms with Crippen molar-refractivity contribution in [3.63, 3.8) is 0 Å². The van der Waals surface area contributed by atoms with Gasteiger partial charge in [-0.1, -0.05) is 12.1 Å². The number of fused-ring (bicyclic) bond motifs is 1. The predicted octanol–water partition coefficient (Wildman–Crippen LogP) is 3.85. The lowest BCUT2D eigenvalue weighted by Gasteiger charge is -2.23. The zero-order valence-corrected chi connectivity index (χ0v) is 25.3. The van der Waals surface area contributed by atoms with Crippen LogP contribution in [0, 0.1) is 0 Å². The molecule has 1 aliphatic rings. The van der Waals surface area contributed by atoms with Gasteiger partial charge in [-0.15, -0.1) is 0 Å². The summed E-state index contributed by atoms with van der Waals surface area (Å²) in [6.07, 6.45) is -0.0985. The first-order valence-electron chi connectivity index (χ1n) is 13.8. The van der Waals surface area contributed by atoms with Crippen LogP contribution in [-0.4, -0.2) is 70.6 Å². The van der Waals surface area contributed by atoms with E-state index in [4.69, 9.17) is 37.9 Å². The molecule has 12 heteroatoms. The average Bonchev–Trinajstić information content (AvgIpc) is 3.33. The van der Waals surface area contributed by atoms with E-state index in [1.807, 2.05) is 12.1 Å². The van der Waals surface area contributed by atoms with Crippen LogP contribution >= 0.6 is 0 Å². The summed E-state index contributed by atoms with van der Waals surface area (Å²) >= 11 is 0. The molecule has 0 aliphatic carbocycles. The third-order valence-corrected chi connectivity index (χ3v) is 6.51. The largest absolute Gasteiger partial charge is 0.493 e. The summed E-state index contributed by atoms with van der Waals surface area (Å²) in [6.45, 7) is 5.32. The minimum atomic E-state index is -0.778. The van der Waals surface area contributed by atoms with E-state index in [1.54, 1.807) is 25.3 Å². The number of esters is 4. The molecule has 0 fully saturated rings. The highest BCUT2D eigenvalue weighted by atomic mass is 16.6. The van der Waals surface area contributed by atoms with Crippen LogP contribution in [0.5, 0.6) is 23.0 Å². The van der Waals surface area contributed by atoms with Crippen molar-refractivity contribution in [3.05, 3.63) is 47.0 Å². The Bertz CT molecular complexity index is 1290. The van der Waals surface area contributed by atoms with Gasteiger partial charge in [0.05, 0.1) is 26.7 Å². The highest BCUT2D eigenvalue weighted by molar-refractivity contribution is 5.67. The minimum Gasteiger partial charge on any atom is -0.493 e. The first-order chi connectivity index (χ1) is 20.5. The quantitative estimate of drug-likeness (QED) is 0.166. The fraction of sp³-hybridized carbons (Fsp3) is 0.484. The summed E-state index contributed by atoms with van der Waals surface area (Å²) in [5.74, 6) is -0.385. The maximum absolute atomic E-state index is 11.8. The van der Waals surface area contributed by atoms with Crippen molar-refractivity contribution in [2.45, 2.75) is 58.7 Å².